The second kappa shape index (κ2) is 7.84. The molecule has 128 valence electrons. The molecule has 1 unspecified atom stereocenters. The normalized spacial score (nSPS) is 13.0. The van der Waals surface area contributed by atoms with Crippen LogP contribution in [0.4, 0.5) is 4.79 Å². The van der Waals surface area contributed by atoms with Gasteiger partial charge in [0.15, 0.2) is 0 Å². The first-order valence-corrected chi connectivity index (χ1v) is 7.85. The van der Waals surface area contributed by atoms with Gasteiger partial charge in [0, 0.05) is 12.1 Å². The Morgan fingerprint density at radius 1 is 1.17 bits per heavy atom. The summed E-state index contributed by atoms with van der Waals surface area (Å²) in [6.45, 7) is 4.13. The number of hydrogen-bond acceptors (Lipinski definition) is 3. The van der Waals surface area contributed by atoms with Crippen LogP contribution in [0, 0.1) is 6.92 Å². The summed E-state index contributed by atoms with van der Waals surface area (Å²) < 4.78 is 5.32. The molecule has 2 aromatic carbocycles. The zero-order chi connectivity index (χ0) is 17.6. The summed E-state index contributed by atoms with van der Waals surface area (Å²) in [6, 6.07) is 14.7. The number of carbonyl (C=O) groups excluding carboxylic acids is 1. The molecule has 0 saturated carbocycles. The molecule has 0 fully saturated rings. The van der Waals surface area contributed by atoms with Crippen LogP contribution in [0.15, 0.2) is 48.5 Å². The third kappa shape index (κ3) is 4.73. The monoisotopic (exact) mass is 328 g/mol. The standard InChI is InChI=1S/C19H24N2O3/c1-14-9-10-15(17(11-14)24-3)12-20-18(22)21-13-19(2,23)16-7-5-4-6-8-16/h4-11,23H,12-13H2,1-3H3,(H2,20,21,22). The predicted octanol–water partition coefficient (Wildman–Crippen LogP) is 2.71. The highest BCUT2D eigenvalue weighted by molar-refractivity contribution is 5.74. The summed E-state index contributed by atoms with van der Waals surface area (Å²) in [5.41, 5.74) is 1.62. The molecule has 3 N–H and O–H groups in total. The number of urea groups is 1. The molecule has 0 aliphatic heterocycles. The van der Waals surface area contributed by atoms with Gasteiger partial charge < -0.3 is 20.5 Å². The Morgan fingerprint density at radius 2 is 1.88 bits per heavy atom. The summed E-state index contributed by atoms with van der Waals surface area (Å²) >= 11 is 0. The predicted molar refractivity (Wildman–Crippen MR) is 94.0 cm³/mol. The maximum absolute atomic E-state index is 12.0. The molecule has 0 aromatic heterocycles. The van der Waals surface area contributed by atoms with Gasteiger partial charge in [-0.15, -0.1) is 0 Å². The molecule has 24 heavy (non-hydrogen) atoms. The molecule has 2 rings (SSSR count). The second-order valence-electron chi connectivity index (χ2n) is 5.99. The molecular weight excluding hydrogens is 304 g/mol. The molecule has 0 heterocycles. The van der Waals surface area contributed by atoms with E-state index < -0.39 is 5.60 Å². The Morgan fingerprint density at radius 3 is 2.54 bits per heavy atom. The summed E-state index contributed by atoms with van der Waals surface area (Å²) in [7, 11) is 1.61. The number of benzene rings is 2. The summed E-state index contributed by atoms with van der Waals surface area (Å²) in [4.78, 5) is 12.0. The number of amides is 2. The van der Waals surface area contributed by atoms with Crippen LogP contribution in [0.5, 0.6) is 5.75 Å². The summed E-state index contributed by atoms with van der Waals surface area (Å²) in [5.74, 6) is 0.742. The van der Waals surface area contributed by atoms with Gasteiger partial charge in [0.1, 0.15) is 11.4 Å². The maximum Gasteiger partial charge on any atom is 0.315 e. The number of aliphatic hydroxyl groups is 1. The molecule has 2 amide bonds. The number of ether oxygens (including phenoxy) is 1. The first-order chi connectivity index (χ1) is 11.4. The molecule has 0 bridgehead atoms. The van der Waals surface area contributed by atoms with Crippen molar-refractivity contribution in [3.05, 3.63) is 65.2 Å². The van der Waals surface area contributed by atoms with E-state index in [1.807, 2.05) is 55.5 Å². The van der Waals surface area contributed by atoms with Crippen molar-refractivity contribution < 1.29 is 14.6 Å². The summed E-state index contributed by atoms with van der Waals surface area (Å²) in [6.07, 6.45) is 0. The zero-order valence-corrected chi connectivity index (χ0v) is 14.3. The van der Waals surface area contributed by atoms with Gasteiger partial charge in [-0.3, -0.25) is 0 Å². The van der Waals surface area contributed by atoms with Gasteiger partial charge in [0.25, 0.3) is 0 Å². The molecule has 0 aliphatic carbocycles. The van der Waals surface area contributed by atoms with E-state index in [4.69, 9.17) is 4.74 Å². The smallest absolute Gasteiger partial charge is 0.315 e. The van der Waals surface area contributed by atoms with Crippen LogP contribution in [-0.4, -0.2) is 24.8 Å². The highest BCUT2D eigenvalue weighted by atomic mass is 16.5. The Kier molecular flexibility index (Phi) is 5.82. The molecule has 5 heteroatoms. The fourth-order valence-corrected chi connectivity index (χ4v) is 2.39. The average Bonchev–Trinajstić information content (AvgIpc) is 2.59. The van der Waals surface area contributed by atoms with Crippen LogP contribution in [0.25, 0.3) is 0 Å². The highest BCUT2D eigenvalue weighted by Gasteiger charge is 2.23. The minimum absolute atomic E-state index is 0.119. The van der Waals surface area contributed by atoms with Crippen LogP contribution in [0.1, 0.15) is 23.6 Å². The van der Waals surface area contributed by atoms with Gasteiger partial charge in [-0.1, -0.05) is 42.5 Å². The van der Waals surface area contributed by atoms with Crippen molar-refractivity contribution in [3.8, 4) is 5.75 Å². The van der Waals surface area contributed by atoms with Gasteiger partial charge in [0.05, 0.1) is 13.7 Å². The van der Waals surface area contributed by atoms with Gasteiger partial charge in [-0.05, 0) is 31.0 Å². The number of aryl methyl sites for hydroxylation is 1. The van der Waals surface area contributed by atoms with Crippen molar-refractivity contribution >= 4 is 6.03 Å². The minimum atomic E-state index is -1.12. The van der Waals surface area contributed by atoms with Crippen LogP contribution in [0.3, 0.4) is 0 Å². The number of hydrogen-bond donors (Lipinski definition) is 3. The van der Waals surface area contributed by atoms with Crippen molar-refractivity contribution in [3.63, 3.8) is 0 Å². The number of methoxy groups -OCH3 is 1. The Hall–Kier alpha value is -2.53. The topological polar surface area (TPSA) is 70.6 Å². The molecule has 2 aromatic rings. The molecule has 0 radical (unpaired) electrons. The molecule has 0 aliphatic rings. The van der Waals surface area contributed by atoms with Gasteiger partial charge in [-0.2, -0.15) is 0 Å². The molecule has 0 saturated heterocycles. The quantitative estimate of drug-likeness (QED) is 0.763. The first-order valence-electron chi connectivity index (χ1n) is 7.85. The van der Waals surface area contributed by atoms with Crippen LogP contribution in [-0.2, 0) is 12.1 Å². The molecule has 1 atom stereocenters. The van der Waals surface area contributed by atoms with E-state index >= 15 is 0 Å². The average molecular weight is 328 g/mol. The van der Waals surface area contributed by atoms with E-state index in [0.717, 1.165) is 22.4 Å². The lowest BCUT2D eigenvalue weighted by Gasteiger charge is -2.24. The Labute approximate surface area is 142 Å². The second-order valence-corrected chi connectivity index (χ2v) is 5.99. The highest BCUT2D eigenvalue weighted by Crippen LogP contribution is 2.20. The fourth-order valence-electron chi connectivity index (χ4n) is 2.39. The lowest BCUT2D eigenvalue weighted by Crippen LogP contribution is -2.43. The first kappa shape index (κ1) is 17.8. The van der Waals surface area contributed by atoms with Gasteiger partial charge in [0.2, 0.25) is 0 Å². The van der Waals surface area contributed by atoms with E-state index in [9.17, 15) is 9.90 Å². The van der Waals surface area contributed by atoms with Crippen molar-refractivity contribution in [1.82, 2.24) is 10.6 Å². The third-order valence-corrected chi connectivity index (χ3v) is 3.87. The van der Waals surface area contributed by atoms with Crippen molar-refractivity contribution in [2.24, 2.45) is 0 Å². The van der Waals surface area contributed by atoms with Crippen molar-refractivity contribution in [1.29, 1.82) is 0 Å². The lowest BCUT2D eigenvalue weighted by molar-refractivity contribution is 0.0594. The van der Waals surface area contributed by atoms with E-state index in [1.165, 1.54) is 0 Å². The minimum Gasteiger partial charge on any atom is -0.496 e. The summed E-state index contributed by atoms with van der Waals surface area (Å²) in [5, 5.41) is 15.9. The molecule has 0 spiro atoms. The zero-order valence-electron chi connectivity index (χ0n) is 14.3. The number of carbonyl (C=O) groups is 1. The maximum atomic E-state index is 12.0. The van der Waals surface area contributed by atoms with E-state index in [1.54, 1.807) is 14.0 Å². The van der Waals surface area contributed by atoms with Crippen molar-refractivity contribution in [2.45, 2.75) is 26.0 Å². The van der Waals surface area contributed by atoms with Crippen LogP contribution < -0.4 is 15.4 Å². The van der Waals surface area contributed by atoms with Gasteiger partial charge in [-0.25, -0.2) is 4.79 Å². The van der Waals surface area contributed by atoms with Crippen molar-refractivity contribution in [2.75, 3.05) is 13.7 Å². The molecule has 5 nitrogen and oxygen atoms in total. The van der Waals surface area contributed by atoms with Crippen LogP contribution in [0.2, 0.25) is 0 Å². The molecular formula is C19H24N2O3. The number of rotatable bonds is 6. The SMILES string of the molecule is COc1cc(C)ccc1CNC(=O)NCC(C)(O)c1ccccc1. The van der Waals surface area contributed by atoms with E-state index in [2.05, 4.69) is 10.6 Å². The fraction of sp³-hybridized carbons (Fsp3) is 0.316. The van der Waals surface area contributed by atoms with Crippen LogP contribution >= 0.6 is 0 Å². The number of nitrogens with one attached hydrogen (secondary N) is 2. The Bertz CT molecular complexity index is 684. The third-order valence-electron chi connectivity index (χ3n) is 3.87. The van der Waals surface area contributed by atoms with E-state index in [0.29, 0.717) is 6.54 Å². The largest absolute Gasteiger partial charge is 0.496 e. The lowest BCUT2D eigenvalue weighted by atomic mass is 9.96. The van der Waals surface area contributed by atoms with E-state index in [-0.39, 0.29) is 12.6 Å². The Balaban J connectivity index is 1.88. The van der Waals surface area contributed by atoms with Gasteiger partial charge >= 0.3 is 6.03 Å².